The third-order valence-electron chi connectivity index (χ3n) is 12.6. The molecule has 354 valence electrons. The van der Waals surface area contributed by atoms with E-state index in [0.717, 1.165) is 16.4 Å². The van der Waals surface area contributed by atoms with Crippen molar-refractivity contribution in [2.45, 2.75) is 50.2 Å². The highest BCUT2D eigenvalue weighted by Gasteiger charge is 2.33. The Morgan fingerprint density at radius 1 is 0.897 bits per heavy atom. The first-order valence-electron chi connectivity index (χ1n) is 22.0. The Hall–Kier alpha value is -7.16. The van der Waals surface area contributed by atoms with Gasteiger partial charge in [0.25, 0.3) is 5.56 Å². The van der Waals surface area contributed by atoms with Crippen LogP contribution in [0.1, 0.15) is 49.1 Å². The summed E-state index contributed by atoms with van der Waals surface area (Å²) in [5.41, 5.74) is 0.382. The Balaban J connectivity index is 0.781. The van der Waals surface area contributed by atoms with Gasteiger partial charge in [-0.3, -0.25) is 38.7 Å². The number of nitrogens with zero attached hydrogens (tertiary/aromatic N) is 9. The number of piperazine rings is 1. The maximum Gasteiger partial charge on any atom is 0.301 e. The average Bonchev–Trinajstić information content (AvgIpc) is 3.79. The van der Waals surface area contributed by atoms with Gasteiger partial charge in [-0.25, -0.2) is 28.1 Å². The third-order valence-corrected chi connectivity index (χ3v) is 14.1. The zero-order chi connectivity index (χ0) is 47.7. The van der Waals surface area contributed by atoms with Crippen LogP contribution in [0.3, 0.4) is 0 Å². The molecule has 0 aliphatic carbocycles. The van der Waals surface area contributed by atoms with E-state index < -0.39 is 51.0 Å². The van der Waals surface area contributed by atoms with Gasteiger partial charge in [0.1, 0.15) is 41.7 Å². The molecule has 5 aromatic rings. The zero-order valence-electron chi connectivity index (χ0n) is 36.4. The molecule has 4 aliphatic heterocycles. The number of ether oxygens (including phenoxy) is 1. The summed E-state index contributed by atoms with van der Waals surface area (Å²) in [5.74, 6) is -2.32. The van der Waals surface area contributed by atoms with E-state index in [0.29, 0.717) is 81.4 Å². The van der Waals surface area contributed by atoms with Crippen molar-refractivity contribution in [1.29, 1.82) is 5.26 Å². The number of hydrogen-bond acceptors (Lipinski definition) is 14. The van der Waals surface area contributed by atoms with Gasteiger partial charge in [-0.1, -0.05) is 6.07 Å². The highest BCUT2D eigenvalue weighted by Crippen LogP contribution is 2.35. The van der Waals surface area contributed by atoms with Gasteiger partial charge >= 0.3 is 10.2 Å². The lowest BCUT2D eigenvalue weighted by atomic mass is 9.89. The first-order valence-corrected chi connectivity index (χ1v) is 23.5. The van der Waals surface area contributed by atoms with Gasteiger partial charge in [-0.15, -0.1) is 0 Å². The first kappa shape index (κ1) is 46.0. The van der Waals surface area contributed by atoms with Crippen LogP contribution in [0, 0.1) is 23.0 Å². The van der Waals surface area contributed by atoms with Crippen LogP contribution in [-0.4, -0.2) is 131 Å². The monoisotopic (exact) mass is 954 g/mol. The summed E-state index contributed by atoms with van der Waals surface area (Å²) in [6.07, 6.45) is 4.87. The van der Waals surface area contributed by atoms with Crippen LogP contribution < -0.4 is 30.6 Å². The van der Waals surface area contributed by atoms with Crippen molar-refractivity contribution in [3.8, 4) is 23.3 Å². The van der Waals surface area contributed by atoms with Crippen molar-refractivity contribution >= 4 is 56.2 Å². The minimum Gasteiger partial charge on any atom is -0.453 e. The molecule has 4 aliphatic rings. The fraction of sp³-hybridized carbons (Fsp3) is 0.378. The van der Waals surface area contributed by atoms with Crippen molar-refractivity contribution in [2.75, 3.05) is 73.8 Å². The summed E-state index contributed by atoms with van der Waals surface area (Å²) < 4.78 is 80.1. The lowest BCUT2D eigenvalue weighted by Crippen LogP contribution is -2.52. The predicted octanol–water partition coefficient (Wildman–Crippen LogP) is 3.56. The second-order valence-corrected chi connectivity index (χ2v) is 18.7. The van der Waals surface area contributed by atoms with E-state index >= 15 is 8.78 Å². The number of imide groups is 1. The molecule has 0 bridgehead atoms. The number of likely N-dealkylation sites (tertiary alicyclic amines) is 1. The van der Waals surface area contributed by atoms with E-state index in [1.807, 2.05) is 4.90 Å². The number of amides is 3. The van der Waals surface area contributed by atoms with Crippen LogP contribution in [0.5, 0.6) is 11.5 Å². The lowest BCUT2D eigenvalue weighted by Gasteiger charge is -2.37. The molecule has 0 spiro atoms. The normalized spacial score (nSPS) is 19.7. The largest absolute Gasteiger partial charge is 0.453 e. The van der Waals surface area contributed by atoms with Gasteiger partial charge < -0.3 is 19.9 Å². The van der Waals surface area contributed by atoms with Gasteiger partial charge in [-0.05, 0) is 92.7 Å². The molecule has 4 fully saturated rings. The van der Waals surface area contributed by atoms with Crippen LogP contribution in [-0.2, 0) is 24.6 Å². The molecule has 2 atom stereocenters. The van der Waals surface area contributed by atoms with E-state index in [9.17, 15) is 37.2 Å². The van der Waals surface area contributed by atoms with Crippen molar-refractivity contribution in [3.63, 3.8) is 0 Å². The second-order valence-electron chi connectivity index (χ2n) is 17.0. The molecule has 3 N–H and O–H groups in total. The number of hydrogen-bond donors (Lipinski definition) is 3. The highest BCUT2D eigenvalue weighted by molar-refractivity contribution is 7.90. The molecule has 3 aromatic carbocycles. The second kappa shape index (κ2) is 19.2. The Kier molecular flexibility index (Phi) is 13.0. The van der Waals surface area contributed by atoms with Gasteiger partial charge in [-0.2, -0.15) is 18.0 Å². The Labute approximate surface area is 387 Å². The lowest BCUT2D eigenvalue weighted by molar-refractivity contribution is -0.134. The number of piperidine rings is 2. The SMILES string of the molecule is N#Cc1c(NS(=O)(=O)N2CC[C@@H](F)C2)ccc(F)c1Oc1ccc2ncn(-c3cnc(N4CCN(C(=O)CN5CCC(c6ccc(N[C@H]7CCC(=O)NC7=O)cc6F)CC5)CC4)nc3)c(=O)c2c1. The number of rotatable bonds is 12. The number of aromatic nitrogens is 4. The molecule has 68 heavy (non-hydrogen) atoms. The molecular weight excluding hydrogens is 910 g/mol. The summed E-state index contributed by atoms with van der Waals surface area (Å²) >= 11 is 0. The molecule has 19 nitrogen and oxygen atoms in total. The van der Waals surface area contributed by atoms with E-state index in [4.69, 9.17) is 4.74 Å². The fourth-order valence-corrected chi connectivity index (χ4v) is 10.1. The maximum atomic E-state index is 15.3. The van der Waals surface area contributed by atoms with Crippen LogP contribution in [0.2, 0.25) is 0 Å². The zero-order valence-corrected chi connectivity index (χ0v) is 37.2. The minimum absolute atomic E-state index is 0.00541. The summed E-state index contributed by atoms with van der Waals surface area (Å²) in [5, 5.41) is 15.3. The van der Waals surface area contributed by atoms with Crippen molar-refractivity contribution in [3.05, 3.63) is 100 Å². The summed E-state index contributed by atoms with van der Waals surface area (Å²) in [7, 11) is -4.27. The minimum atomic E-state index is -4.27. The van der Waals surface area contributed by atoms with Crippen molar-refractivity contribution in [1.82, 2.24) is 38.9 Å². The average molecular weight is 955 g/mol. The maximum absolute atomic E-state index is 15.3. The van der Waals surface area contributed by atoms with Gasteiger partial charge in [0, 0.05) is 51.4 Å². The van der Waals surface area contributed by atoms with E-state index in [2.05, 4.69) is 35.2 Å². The molecule has 0 saturated carbocycles. The van der Waals surface area contributed by atoms with Gasteiger partial charge in [0.2, 0.25) is 23.7 Å². The van der Waals surface area contributed by atoms with E-state index in [1.54, 1.807) is 23.1 Å². The molecule has 0 radical (unpaired) electrons. The number of fused-ring (bicyclic) bond motifs is 1. The van der Waals surface area contributed by atoms with E-state index in [-0.39, 0.29) is 78.4 Å². The van der Waals surface area contributed by atoms with Crippen molar-refractivity contribution in [2.24, 2.45) is 0 Å². The van der Waals surface area contributed by atoms with E-state index in [1.165, 1.54) is 47.6 Å². The van der Waals surface area contributed by atoms with Crippen LogP contribution >= 0.6 is 0 Å². The number of anilines is 3. The number of benzene rings is 3. The Morgan fingerprint density at radius 3 is 2.35 bits per heavy atom. The molecule has 23 heteroatoms. The van der Waals surface area contributed by atoms with Crippen molar-refractivity contribution < 1.29 is 40.7 Å². The quantitative estimate of drug-likeness (QED) is 0.152. The fourth-order valence-electron chi connectivity index (χ4n) is 8.86. The smallest absolute Gasteiger partial charge is 0.301 e. The first-order chi connectivity index (χ1) is 32.7. The number of carbonyl (C=O) groups is 3. The summed E-state index contributed by atoms with van der Waals surface area (Å²) in [6, 6.07) is 12.2. The molecule has 6 heterocycles. The predicted molar refractivity (Wildman–Crippen MR) is 241 cm³/mol. The number of halogens is 3. The summed E-state index contributed by atoms with van der Waals surface area (Å²) in [4.78, 5) is 69.9. The molecule has 2 aromatic heterocycles. The Morgan fingerprint density at radius 2 is 1.66 bits per heavy atom. The molecule has 0 unspecified atom stereocenters. The van der Waals surface area contributed by atoms with Crippen LogP contribution in [0.15, 0.2) is 72.0 Å². The molecule has 9 rings (SSSR count). The van der Waals surface area contributed by atoms with Crippen LogP contribution in [0.25, 0.3) is 16.6 Å². The molecular formula is C45H45F3N12O7S. The molecule has 4 saturated heterocycles. The highest BCUT2D eigenvalue weighted by atomic mass is 32.2. The molecule has 3 amide bonds. The number of carbonyl (C=O) groups excluding carboxylic acids is 3. The number of nitrogens with one attached hydrogen (secondary N) is 3. The summed E-state index contributed by atoms with van der Waals surface area (Å²) in [6.45, 7) is 2.94. The van der Waals surface area contributed by atoms with Gasteiger partial charge in [0.15, 0.2) is 11.6 Å². The number of alkyl halides is 1. The topological polar surface area (TPSA) is 228 Å². The third kappa shape index (κ3) is 9.78. The van der Waals surface area contributed by atoms with Crippen LogP contribution in [0.4, 0.5) is 30.5 Å². The standard InChI is InChI=1S/C45H45F3N12O7S/c46-28-11-14-59(24-28)68(65,66)55-38-6-4-35(47)42(34(38)21-49)67-31-2-5-37-33(20-31)44(64)60(26-52-37)30-22-50-45(51-23-30)58-17-15-57(16-18-58)41(62)25-56-12-9-27(10-13-56)32-3-1-29(19-36(32)48)53-39-7-8-40(61)54-43(39)63/h1-6,19-20,22-23,26-28,39,53,55H,7-18,24-25H2,(H,54,61,63)/t28-,39+/m1/s1. The Bertz CT molecular complexity index is 2990. The van der Waals surface area contributed by atoms with Gasteiger partial charge in [0.05, 0.1) is 41.2 Å². The number of nitriles is 1.